The van der Waals surface area contributed by atoms with E-state index in [0.29, 0.717) is 16.9 Å². The van der Waals surface area contributed by atoms with Crippen LogP contribution in [0.15, 0.2) is 40.2 Å². The van der Waals surface area contributed by atoms with Gasteiger partial charge in [-0.1, -0.05) is 23.9 Å². The zero-order valence-electron chi connectivity index (χ0n) is 9.75. The Kier molecular flexibility index (Phi) is 4.70. The standard InChI is InChI=1S/C13H10FNO2S2/c14-11-7-9(2-4-12(16)17)1-3-10(11)8-19-13-15-5-6-18-13/h1-7H,8H2,(H,16,17)/b4-2+. The molecule has 2 rings (SSSR count). The van der Waals surface area contributed by atoms with Crippen molar-refractivity contribution >= 4 is 35.1 Å². The summed E-state index contributed by atoms with van der Waals surface area (Å²) in [6.45, 7) is 0. The first-order valence-electron chi connectivity index (χ1n) is 5.37. The minimum atomic E-state index is -1.05. The summed E-state index contributed by atoms with van der Waals surface area (Å²) in [6.07, 6.45) is 4.06. The number of thiazole rings is 1. The maximum atomic E-state index is 13.8. The number of carboxylic acid groups (broad SMARTS) is 1. The Labute approximate surface area is 117 Å². The van der Waals surface area contributed by atoms with Gasteiger partial charge in [0, 0.05) is 23.4 Å². The molecule has 0 aliphatic heterocycles. The van der Waals surface area contributed by atoms with Gasteiger partial charge in [-0.3, -0.25) is 0 Å². The summed E-state index contributed by atoms with van der Waals surface area (Å²) in [4.78, 5) is 14.5. The Balaban J connectivity index is 2.04. The molecule has 0 amide bonds. The van der Waals surface area contributed by atoms with Crippen molar-refractivity contribution in [2.45, 2.75) is 10.1 Å². The lowest BCUT2D eigenvalue weighted by atomic mass is 10.1. The van der Waals surface area contributed by atoms with Crippen molar-refractivity contribution < 1.29 is 14.3 Å². The van der Waals surface area contributed by atoms with Crippen LogP contribution in [0.3, 0.4) is 0 Å². The zero-order chi connectivity index (χ0) is 13.7. The molecule has 1 aromatic carbocycles. The number of benzene rings is 1. The third-order valence-electron chi connectivity index (χ3n) is 2.26. The van der Waals surface area contributed by atoms with Gasteiger partial charge in [-0.2, -0.15) is 0 Å². The monoisotopic (exact) mass is 295 g/mol. The SMILES string of the molecule is O=C(O)/C=C/c1ccc(CSc2nccs2)c(F)c1. The number of rotatable bonds is 5. The fraction of sp³-hybridized carbons (Fsp3) is 0.0769. The molecule has 0 spiro atoms. The van der Waals surface area contributed by atoms with Crippen molar-refractivity contribution in [1.82, 2.24) is 4.98 Å². The molecule has 0 saturated carbocycles. The summed E-state index contributed by atoms with van der Waals surface area (Å²) >= 11 is 2.99. The summed E-state index contributed by atoms with van der Waals surface area (Å²) in [5, 5.41) is 10.4. The number of hydrogen-bond acceptors (Lipinski definition) is 4. The molecule has 0 unspecified atom stereocenters. The molecule has 98 valence electrons. The van der Waals surface area contributed by atoms with Gasteiger partial charge in [0.15, 0.2) is 0 Å². The van der Waals surface area contributed by atoms with E-state index in [-0.39, 0.29) is 5.82 Å². The van der Waals surface area contributed by atoms with Crippen LogP contribution in [0.4, 0.5) is 4.39 Å². The predicted molar refractivity (Wildman–Crippen MR) is 74.7 cm³/mol. The van der Waals surface area contributed by atoms with Gasteiger partial charge in [-0.05, 0) is 23.3 Å². The van der Waals surface area contributed by atoms with E-state index in [0.717, 1.165) is 10.4 Å². The number of carboxylic acids is 1. The number of thioether (sulfide) groups is 1. The number of carbonyl (C=O) groups is 1. The zero-order valence-corrected chi connectivity index (χ0v) is 11.4. The highest BCUT2D eigenvalue weighted by Crippen LogP contribution is 2.26. The maximum absolute atomic E-state index is 13.8. The van der Waals surface area contributed by atoms with Gasteiger partial charge in [-0.25, -0.2) is 14.2 Å². The lowest BCUT2D eigenvalue weighted by molar-refractivity contribution is -0.131. The Morgan fingerprint density at radius 2 is 2.37 bits per heavy atom. The van der Waals surface area contributed by atoms with Crippen LogP contribution in [0.2, 0.25) is 0 Å². The van der Waals surface area contributed by atoms with Gasteiger partial charge < -0.3 is 5.11 Å². The van der Waals surface area contributed by atoms with Crippen molar-refractivity contribution in [3.63, 3.8) is 0 Å². The summed E-state index contributed by atoms with van der Waals surface area (Å²) in [5.74, 6) is -0.886. The highest BCUT2D eigenvalue weighted by atomic mass is 32.2. The molecule has 0 fully saturated rings. The van der Waals surface area contributed by atoms with E-state index in [4.69, 9.17) is 5.11 Å². The lowest BCUT2D eigenvalue weighted by Gasteiger charge is -2.02. The average Bonchev–Trinajstić information content (AvgIpc) is 2.88. The smallest absolute Gasteiger partial charge is 0.328 e. The molecule has 1 aromatic heterocycles. The van der Waals surface area contributed by atoms with Crippen LogP contribution in [-0.4, -0.2) is 16.1 Å². The number of nitrogens with zero attached hydrogens (tertiary/aromatic N) is 1. The first-order chi connectivity index (χ1) is 9.15. The van der Waals surface area contributed by atoms with Crippen LogP contribution in [0.5, 0.6) is 0 Å². The van der Waals surface area contributed by atoms with E-state index in [2.05, 4.69) is 4.98 Å². The largest absolute Gasteiger partial charge is 0.478 e. The highest BCUT2D eigenvalue weighted by Gasteiger charge is 2.05. The summed E-state index contributed by atoms with van der Waals surface area (Å²) < 4.78 is 14.7. The van der Waals surface area contributed by atoms with Crippen molar-refractivity contribution in [3.8, 4) is 0 Å². The third kappa shape index (κ3) is 4.18. The predicted octanol–water partition coefficient (Wildman–Crippen LogP) is 3.67. The second kappa shape index (κ2) is 6.49. The van der Waals surface area contributed by atoms with Gasteiger partial charge in [0.1, 0.15) is 10.2 Å². The fourth-order valence-corrected chi connectivity index (χ4v) is 3.00. The summed E-state index contributed by atoms with van der Waals surface area (Å²) in [5.41, 5.74) is 1.11. The molecule has 0 bridgehead atoms. The first-order valence-corrected chi connectivity index (χ1v) is 7.23. The average molecular weight is 295 g/mol. The molecule has 2 aromatic rings. The summed E-state index contributed by atoms with van der Waals surface area (Å²) in [7, 11) is 0. The van der Waals surface area contributed by atoms with Gasteiger partial charge in [-0.15, -0.1) is 11.3 Å². The third-order valence-corrected chi connectivity index (χ3v) is 4.27. The molecule has 1 N–H and O–H groups in total. The van der Waals surface area contributed by atoms with Gasteiger partial charge in [0.2, 0.25) is 0 Å². The number of hydrogen-bond donors (Lipinski definition) is 1. The van der Waals surface area contributed by atoms with Gasteiger partial charge in [0.05, 0.1) is 0 Å². The van der Waals surface area contributed by atoms with E-state index in [1.54, 1.807) is 18.3 Å². The number of aromatic nitrogens is 1. The lowest BCUT2D eigenvalue weighted by Crippen LogP contribution is -1.90. The van der Waals surface area contributed by atoms with Crippen LogP contribution >= 0.6 is 23.1 Å². The Morgan fingerprint density at radius 1 is 1.53 bits per heavy atom. The first kappa shape index (κ1) is 13.8. The van der Waals surface area contributed by atoms with Crippen LogP contribution < -0.4 is 0 Å². The molecule has 0 saturated heterocycles. The van der Waals surface area contributed by atoms with E-state index in [1.807, 2.05) is 5.38 Å². The molecule has 19 heavy (non-hydrogen) atoms. The normalized spacial score (nSPS) is 11.0. The molecular formula is C13H10FNO2S2. The molecule has 0 aliphatic rings. The van der Waals surface area contributed by atoms with Crippen molar-refractivity contribution in [3.05, 3.63) is 52.8 Å². The van der Waals surface area contributed by atoms with Gasteiger partial charge in [0.25, 0.3) is 0 Å². The molecule has 3 nitrogen and oxygen atoms in total. The second-order valence-corrected chi connectivity index (χ2v) is 5.73. The van der Waals surface area contributed by atoms with E-state index in [1.165, 1.54) is 35.2 Å². The number of aliphatic carboxylic acids is 1. The van der Waals surface area contributed by atoms with E-state index < -0.39 is 5.97 Å². The van der Waals surface area contributed by atoms with E-state index in [9.17, 15) is 9.18 Å². The van der Waals surface area contributed by atoms with Crippen LogP contribution in [-0.2, 0) is 10.5 Å². The molecule has 0 aliphatic carbocycles. The minimum absolute atomic E-state index is 0.336. The quantitative estimate of drug-likeness (QED) is 0.675. The molecule has 0 radical (unpaired) electrons. The Bertz CT molecular complexity index is 597. The van der Waals surface area contributed by atoms with Crippen LogP contribution in [0.25, 0.3) is 6.08 Å². The molecule has 0 atom stereocenters. The Hall–Kier alpha value is -1.66. The van der Waals surface area contributed by atoms with Crippen molar-refractivity contribution in [1.29, 1.82) is 0 Å². The van der Waals surface area contributed by atoms with E-state index >= 15 is 0 Å². The Morgan fingerprint density at radius 3 is 3.00 bits per heavy atom. The molecular weight excluding hydrogens is 285 g/mol. The van der Waals surface area contributed by atoms with Crippen LogP contribution in [0.1, 0.15) is 11.1 Å². The van der Waals surface area contributed by atoms with Crippen molar-refractivity contribution in [2.24, 2.45) is 0 Å². The number of halogens is 1. The maximum Gasteiger partial charge on any atom is 0.328 e. The fourth-order valence-electron chi connectivity index (χ4n) is 1.37. The topological polar surface area (TPSA) is 50.2 Å². The summed E-state index contributed by atoms with van der Waals surface area (Å²) in [6, 6.07) is 4.69. The molecule has 6 heteroatoms. The molecule has 1 heterocycles. The van der Waals surface area contributed by atoms with Gasteiger partial charge >= 0.3 is 5.97 Å². The minimum Gasteiger partial charge on any atom is -0.478 e. The highest BCUT2D eigenvalue weighted by molar-refractivity contribution is 8.00. The van der Waals surface area contributed by atoms with Crippen molar-refractivity contribution in [2.75, 3.05) is 0 Å². The van der Waals surface area contributed by atoms with Crippen LogP contribution in [0, 0.1) is 5.82 Å². The second-order valence-electron chi connectivity index (χ2n) is 3.61.